The monoisotopic (exact) mass is 206 g/mol. The fraction of sp³-hybridized carbons (Fsp3) is 0.600. The molecule has 1 aromatic heterocycles. The van der Waals surface area contributed by atoms with Crippen LogP contribution in [-0.4, -0.2) is 14.9 Å². The maximum absolute atomic E-state index is 3.93. The Bertz CT molecular complexity index is 163. The van der Waals surface area contributed by atoms with Gasteiger partial charge in [-0.3, -0.25) is 0 Å². The first-order valence-corrected chi connectivity index (χ1v) is 4.63. The fourth-order valence-corrected chi connectivity index (χ4v) is 1.37. The SMILES string of the molecule is CC(CBr)c1csnn1. The number of aromatic nitrogens is 2. The van der Waals surface area contributed by atoms with Gasteiger partial charge in [-0.1, -0.05) is 27.3 Å². The van der Waals surface area contributed by atoms with Gasteiger partial charge in [-0.15, -0.1) is 5.10 Å². The normalized spacial score (nSPS) is 13.6. The molecule has 0 spiro atoms. The maximum Gasteiger partial charge on any atom is 0.0791 e. The van der Waals surface area contributed by atoms with Crippen molar-refractivity contribution in [3.05, 3.63) is 11.1 Å². The summed E-state index contributed by atoms with van der Waals surface area (Å²) in [5.74, 6) is 0.490. The molecule has 0 fully saturated rings. The van der Waals surface area contributed by atoms with Crippen LogP contribution in [0.4, 0.5) is 0 Å². The second kappa shape index (κ2) is 3.27. The molecule has 1 heterocycles. The number of hydrogen-bond donors (Lipinski definition) is 0. The summed E-state index contributed by atoms with van der Waals surface area (Å²) < 4.78 is 3.76. The minimum absolute atomic E-state index is 0.490. The second-order valence-electron chi connectivity index (χ2n) is 1.89. The van der Waals surface area contributed by atoms with E-state index in [9.17, 15) is 0 Å². The average Bonchev–Trinajstić information content (AvgIpc) is 2.37. The third kappa shape index (κ3) is 1.72. The molecule has 1 rings (SSSR count). The van der Waals surface area contributed by atoms with E-state index in [1.807, 2.05) is 5.38 Å². The molecule has 4 heteroatoms. The van der Waals surface area contributed by atoms with E-state index in [1.165, 1.54) is 11.5 Å². The molecular weight excluding hydrogens is 200 g/mol. The highest BCUT2D eigenvalue weighted by Gasteiger charge is 2.04. The molecule has 2 nitrogen and oxygen atoms in total. The van der Waals surface area contributed by atoms with Gasteiger partial charge in [0.2, 0.25) is 0 Å². The number of rotatable bonds is 2. The van der Waals surface area contributed by atoms with Crippen molar-refractivity contribution < 1.29 is 0 Å². The molecule has 0 bridgehead atoms. The molecule has 0 radical (unpaired) electrons. The topological polar surface area (TPSA) is 25.8 Å². The van der Waals surface area contributed by atoms with E-state index in [2.05, 4.69) is 32.4 Å². The quantitative estimate of drug-likeness (QED) is 0.693. The Balaban J connectivity index is 2.65. The zero-order valence-electron chi connectivity index (χ0n) is 5.04. The van der Waals surface area contributed by atoms with Crippen molar-refractivity contribution >= 4 is 27.5 Å². The molecule has 0 N–H and O–H groups in total. The Morgan fingerprint density at radius 1 is 1.89 bits per heavy atom. The van der Waals surface area contributed by atoms with E-state index in [-0.39, 0.29) is 0 Å². The zero-order valence-corrected chi connectivity index (χ0v) is 7.44. The van der Waals surface area contributed by atoms with Crippen molar-refractivity contribution in [2.45, 2.75) is 12.8 Å². The molecule has 0 aliphatic carbocycles. The van der Waals surface area contributed by atoms with Gasteiger partial charge >= 0.3 is 0 Å². The lowest BCUT2D eigenvalue weighted by Crippen LogP contribution is -1.93. The minimum atomic E-state index is 0.490. The van der Waals surface area contributed by atoms with Crippen LogP contribution in [0.1, 0.15) is 18.5 Å². The summed E-state index contributed by atoms with van der Waals surface area (Å²) in [5, 5.41) is 6.86. The van der Waals surface area contributed by atoms with Crippen molar-refractivity contribution in [1.82, 2.24) is 9.59 Å². The Kier molecular flexibility index (Phi) is 2.60. The molecule has 1 atom stereocenters. The van der Waals surface area contributed by atoms with Gasteiger partial charge in [-0.05, 0) is 11.5 Å². The standard InChI is InChI=1S/C5H7BrN2S/c1-4(2-6)5-3-9-8-7-5/h3-4H,2H2,1H3. The Morgan fingerprint density at radius 2 is 2.67 bits per heavy atom. The highest BCUT2D eigenvalue weighted by atomic mass is 79.9. The van der Waals surface area contributed by atoms with Crippen LogP contribution in [0.5, 0.6) is 0 Å². The summed E-state index contributed by atoms with van der Waals surface area (Å²) in [7, 11) is 0. The molecule has 1 aromatic rings. The molecule has 0 aliphatic heterocycles. The third-order valence-corrected chi connectivity index (χ3v) is 2.61. The molecule has 50 valence electrons. The van der Waals surface area contributed by atoms with Gasteiger partial charge in [-0.2, -0.15) is 0 Å². The first-order valence-electron chi connectivity index (χ1n) is 2.67. The Hall–Kier alpha value is 0.0400. The summed E-state index contributed by atoms with van der Waals surface area (Å²) in [6.07, 6.45) is 0. The Morgan fingerprint density at radius 3 is 3.11 bits per heavy atom. The summed E-state index contributed by atoms with van der Waals surface area (Å²) in [5.41, 5.74) is 1.08. The molecule has 0 aliphatic rings. The Labute approximate surface area is 66.6 Å². The highest BCUT2D eigenvalue weighted by molar-refractivity contribution is 9.09. The highest BCUT2D eigenvalue weighted by Crippen LogP contribution is 2.14. The summed E-state index contributed by atoms with van der Waals surface area (Å²) in [6, 6.07) is 0. The van der Waals surface area contributed by atoms with Gasteiger partial charge in [0, 0.05) is 16.6 Å². The summed E-state index contributed by atoms with van der Waals surface area (Å²) in [4.78, 5) is 0. The van der Waals surface area contributed by atoms with Crippen LogP contribution in [0.3, 0.4) is 0 Å². The number of alkyl halides is 1. The van der Waals surface area contributed by atoms with Crippen LogP contribution >= 0.6 is 27.5 Å². The predicted molar refractivity (Wildman–Crippen MR) is 42.1 cm³/mol. The lowest BCUT2D eigenvalue weighted by molar-refractivity contribution is 0.829. The predicted octanol–water partition coefficient (Wildman–Crippen LogP) is 2.04. The van der Waals surface area contributed by atoms with Crippen LogP contribution in [0.2, 0.25) is 0 Å². The molecule has 1 unspecified atom stereocenters. The second-order valence-corrected chi connectivity index (χ2v) is 3.14. The molecule has 0 amide bonds. The van der Waals surface area contributed by atoms with Crippen molar-refractivity contribution in [3.8, 4) is 0 Å². The maximum atomic E-state index is 3.93. The molecule has 0 aromatic carbocycles. The molecular formula is C5H7BrN2S. The van der Waals surface area contributed by atoms with Gasteiger partial charge in [0.15, 0.2) is 0 Å². The van der Waals surface area contributed by atoms with Crippen molar-refractivity contribution in [1.29, 1.82) is 0 Å². The van der Waals surface area contributed by atoms with E-state index < -0.39 is 0 Å². The van der Waals surface area contributed by atoms with E-state index >= 15 is 0 Å². The van der Waals surface area contributed by atoms with Gasteiger partial charge in [0.25, 0.3) is 0 Å². The third-order valence-electron chi connectivity index (χ3n) is 1.11. The van der Waals surface area contributed by atoms with Crippen molar-refractivity contribution in [2.75, 3.05) is 5.33 Å². The van der Waals surface area contributed by atoms with E-state index in [0.717, 1.165) is 11.0 Å². The van der Waals surface area contributed by atoms with Gasteiger partial charge in [-0.25, -0.2) is 0 Å². The number of nitrogens with zero attached hydrogens (tertiary/aromatic N) is 2. The first kappa shape index (κ1) is 7.15. The van der Waals surface area contributed by atoms with E-state index in [1.54, 1.807) is 0 Å². The van der Waals surface area contributed by atoms with Crippen molar-refractivity contribution in [2.24, 2.45) is 0 Å². The lowest BCUT2D eigenvalue weighted by atomic mass is 10.2. The first-order chi connectivity index (χ1) is 4.34. The van der Waals surface area contributed by atoms with Crippen LogP contribution in [-0.2, 0) is 0 Å². The molecule has 0 saturated heterocycles. The smallest absolute Gasteiger partial charge is 0.0791 e. The van der Waals surface area contributed by atoms with Crippen LogP contribution < -0.4 is 0 Å². The van der Waals surface area contributed by atoms with Crippen molar-refractivity contribution in [3.63, 3.8) is 0 Å². The average molecular weight is 207 g/mol. The lowest BCUT2D eigenvalue weighted by Gasteiger charge is -1.98. The van der Waals surface area contributed by atoms with Gasteiger partial charge < -0.3 is 0 Å². The van der Waals surface area contributed by atoms with E-state index in [0.29, 0.717) is 5.92 Å². The van der Waals surface area contributed by atoms with Crippen LogP contribution in [0.15, 0.2) is 5.38 Å². The number of hydrogen-bond acceptors (Lipinski definition) is 3. The molecule has 9 heavy (non-hydrogen) atoms. The van der Waals surface area contributed by atoms with Gasteiger partial charge in [0.1, 0.15) is 0 Å². The fourth-order valence-electron chi connectivity index (χ4n) is 0.466. The van der Waals surface area contributed by atoms with E-state index in [4.69, 9.17) is 0 Å². The largest absolute Gasteiger partial charge is 0.143 e. The summed E-state index contributed by atoms with van der Waals surface area (Å²) in [6.45, 7) is 2.12. The minimum Gasteiger partial charge on any atom is -0.143 e. The summed E-state index contributed by atoms with van der Waals surface area (Å²) >= 11 is 4.77. The van der Waals surface area contributed by atoms with Crippen LogP contribution in [0, 0.1) is 0 Å². The number of halogens is 1. The van der Waals surface area contributed by atoms with Gasteiger partial charge in [0.05, 0.1) is 5.69 Å². The zero-order chi connectivity index (χ0) is 6.69. The van der Waals surface area contributed by atoms with Crippen LogP contribution in [0.25, 0.3) is 0 Å². The molecule has 0 saturated carbocycles.